The van der Waals surface area contributed by atoms with Gasteiger partial charge in [-0.3, -0.25) is 0 Å². The lowest BCUT2D eigenvalue weighted by molar-refractivity contribution is 0.0691. The van der Waals surface area contributed by atoms with Gasteiger partial charge in [0, 0.05) is 23.6 Å². The minimum absolute atomic E-state index is 0.0715. The highest BCUT2D eigenvalue weighted by Gasteiger charge is 2.17. The molecule has 1 saturated heterocycles. The number of hydrogen-bond acceptors (Lipinski definition) is 8. The highest BCUT2D eigenvalue weighted by atomic mass is 32.1. The summed E-state index contributed by atoms with van der Waals surface area (Å²) >= 11 is 1.32. The molecule has 0 aromatic carbocycles. The maximum absolute atomic E-state index is 11.1. The van der Waals surface area contributed by atoms with Crippen molar-refractivity contribution in [3.63, 3.8) is 0 Å². The van der Waals surface area contributed by atoms with Crippen LogP contribution < -0.4 is 16.0 Å². The Kier molecular flexibility index (Phi) is 6.14. The van der Waals surface area contributed by atoms with Gasteiger partial charge < -0.3 is 21.1 Å². The van der Waals surface area contributed by atoms with E-state index in [4.69, 9.17) is 10.1 Å². The number of anilines is 2. The monoisotopic (exact) mass is 429 g/mol. The number of piperidine rings is 1. The van der Waals surface area contributed by atoms with Gasteiger partial charge in [0.05, 0.1) is 12.7 Å². The summed E-state index contributed by atoms with van der Waals surface area (Å²) in [7, 11) is 0. The van der Waals surface area contributed by atoms with Crippen molar-refractivity contribution < 1.29 is 9.90 Å². The van der Waals surface area contributed by atoms with Crippen LogP contribution in [0.2, 0.25) is 0 Å². The van der Waals surface area contributed by atoms with E-state index in [9.17, 15) is 4.79 Å². The molecular formula is C20H27N7O2S. The van der Waals surface area contributed by atoms with Crippen LogP contribution in [0.3, 0.4) is 0 Å². The maximum Gasteiger partial charge on any atom is 0.355 e. The molecule has 0 atom stereocenters. The Bertz CT molecular complexity index is 1020. The van der Waals surface area contributed by atoms with Crippen molar-refractivity contribution in [1.82, 2.24) is 24.9 Å². The minimum atomic E-state index is -1.01. The number of thiazole rings is 1. The van der Waals surface area contributed by atoms with E-state index >= 15 is 0 Å². The van der Waals surface area contributed by atoms with Crippen LogP contribution in [-0.4, -0.2) is 50.3 Å². The molecule has 4 N–H and O–H groups in total. The predicted molar refractivity (Wildman–Crippen MR) is 118 cm³/mol. The first-order chi connectivity index (χ1) is 14.5. The first-order valence-electron chi connectivity index (χ1n) is 10.3. The summed E-state index contributed by atoms with van der Waals surface area (Å²) < 4.78 is 1.80. The molecule has 4 heterocycles. The first-order valence-corrected chi connectivity index (χ1v) is 11.1. The molecule has 0 unspecified atom stereocenters. The summed E-state index contributed by atoms with van der Waals surface area (Å²) in [6.07, 6.45) is 4.20. The molecule has 0 amide bonds. The Labute approximate surface area is 178 Å². The first kappa shape index (κ1) is 20.5. The summed E-state index contributed by atoms with van der Waals surface area (Å²) in [5, 5.41) is 26.1. The van der Waals surface area contributed by atoms with Gasteiger partial charge in [-0.15, -0.1) is 11.3 Å². The second-order valence-corrected chi connectivity index (χ2v) is 8.82. The van der Waals surface area contributed by atoms with E-state index in [1.54, 1.807) is 9.90 Å². The molecule has 1 aliphatic heterocycles. The van der Waals surface area contributed by atoms with Crippen LogP contribution in [-0.2, 0) is 6.54 Å². The summed E-state index contributed by atoms with van der Waals surface area (Å²) in [6, 6.07) is 1.96. The zero-order valence-corrected chi connectivity index (χ0v) is 18.0. The molecule has 0 radical (unpaired) electrons. The number of carboxylic acid groups (broad SMARTS) is 1. The molecule has 4 rings (SSSR count). The van der Waals surface area contributed by atoms with E-state index in [1.165, 1.54) is 24.2 Å². The zero-order valence-electron chi connectivity index (χ0n) is 17.2. The number of hydrogen-bond donors (Lipinski definition) is 4. The van der Waals surface area contributed by atoms with Gasteiger partial charge in [0.2, 0.25) is 0 Å². The molecule has 9 nitrogen and oxygen atoms in total. The largest absolute Gasteiger partial charge is 0.476 e. The molecule has 0 spiro atoms. The van der Waals surface area contributed by atoms with E-state index in [-0.39, 0.29) is 5.69 Å². The number of carboxylic acids is 1. The Hall–Kier alpha value is -2.72. The number of aromatic nitrogens is 4. The van der Waals surface area contributed by atoms with Crippen molar-refractivity contribution in [2.45, 2.75) is 39.2 Å². The Morgan fingerprint density at radius 2 is 2.13 bits per heavy atom. The summed E-state index contributed by atoms with van der Waals surface area (Å²) in [5.41, 5.74) is 1.99. The number of carbonyl (C=O) groups is 1. The normalized spacial score (nSPS) is 15.0. The van der Waals surface area contributed by atoms with Crippen molar-refractivity contribution in [1.29, 1.82) is 0 Å². The van der Waals surface area contributed by atoms with Crippen molar-refractivity contribution in [2.75, 3.05) is 30.3 Å². The van der Waals surface area contributed by atoms with E-state index in [0.717, 1.165) is 42.5 Å². The fourth-order valence-corrected chi connectivity index (χ4v) is 4.30. The van der Waals surface area contributed by atoms with Crippen LogP contribution in [0.5, 0.6) is 0 Å². The Morgan fingerprint density at radius 3 is 2.83 bits per heavy atom. The Balaban J connectivity index is 1.56. The lowest BCUT2D eigenvalue weighted by Crippen LogP contribution is -2.31. The van der Waals surface area contributed by atoms with Gasteiger partial charge in [0.25, 0.3) is 0 Å². The second kappa shape index (κ2) is 8.97. The van der Waals surface area contributed by atoms with Crippen LogP contribution in [0.25, 0.3) is 5.65 Å². The second-order valence-electron chi connectivity index (χ2n) is 7.88. The number of nitrogens with zero attached hydrogens (tertiary/aromatic N) is 4. The molecule has 160 valence electrons. The van der Waals surface area contributed by atoms with E-state index in [0.29, 0.717) is 23.4 Å². The lowest BCUT2D eigenvalue weighted by atomic mass is 9.98. The summed E-state index contributed by atoms with van der Waals surface area (Å²) in [4.78, 5) is 20.0. The molecule has 0 aliphatic carbocycles. The van der Waals surface area contributed by atoms with Crippen LogP contribution in [0.4, 0.5) is 11.6 Å². The fraction of sp³-hybridized carbons (Fsp3) is 0.500. The molecular weight excluding hydrogens is 402 g/mol. The molecule has 3 aromatic rings. The van der Waals surface area contributed by atoms with Gasteiger partial charge in [0.1, 0.15) is 16.6 Å². The van der Waals surface area contributed by atoms with Crippen LogP contribution in [0, 0.1) is 5.92 Å². The number of fused-ring (bicyclic) bond motifs is 1. The molecule has 0 bridgehead atoms. The number of aromatic carboxylic acids is 1. The van der Waals surface area contributed by atoms with Crippen LogP contribution in [0.1, 0.15) is 53.7 Å². The van der Waals surface area contributed by atoms with E-state index < -0.39 is 5.97 Å². The smallest absolute Gasteiger partial charge is 0.355 e. The quantitative estimate of drug-likeness (QED) is 0.432. The van der Waals surface area contributed by atoms with Gasteiger partial charge >= 0.3 is 5.97 Å². The highest BCUT2D eigenvalue weighted by molar-refractivity contribution is 7.09. The number of rotatable bonds is 8. The van der Waals surface area contributed by atoms with Gasteiger partial charge in [0.15, 0.2) is 11.3 Å². The predicted octanol–water partition coefficient (Wildman–Crippen LogP) is 3.03. The molecule has 3 aromatic heterocycles. The van der Waals surface area contributed by atoms with Crippen molar-refractivity contribution in [3.8, 4) is 0 Å². The fourth-order valence-electron chi connectivity index (χ4n) is 3.59. The topological polar surface area (TPSA) is 116 Å². The number of nitrogens with one attached hydrogen (secondary N) is 3. The zero-order chi connectivity index (χ0) is 21.1. The molecule has 1 fully saturated rings. The van der Waals surface area contributed by atoms with E-state index in [2.05, 4.69) is 39.9 Å². The highest BCUT2D eigenvalue weighted by Crippen LogP contribution is 2.25. The molecule has 1 aliphatic rings. The summed E-state index contributed by atoms with van der Waals surface area (Å²) in [5.74, 6) is 1.55. The van der Waals surface area contributed by atoms with Gasteiger partial charge in [-0.1, -0.05) is 13.8 Å². The van der Waals surface area contributed by atoms with Gasteiger partial charge in [-0.05, 0) is 37.8 Å². The van der Waals surface area contributed by atoms with Gasteiger partial charge in [-0.2, -0.15) is 9.61 Å². The van der Waals surface area contributed by atoms with E-state index in [1.807, 2.05) is 12.3 Å². The average molecular weight is 430 g/mol. The third-order valence-electron chi connectivity index (χ3n) is 5.34. The third-order valence-corrected chi connectivity index (χ3v) is 6.19. The lowest BCUT2D eigenvalue weighted by Gasteiger charge is -2.23. The molecule has 30 heavy (non-hydrogen) atoms. The van der Waals surface area contributed by atoms with Crippen molar-refractivity contribution in [3.05, 3.63) is 33.9 Å². The van der Waals surface area contributed by atoms with Crippen LogP contribution >= 0.6 is 11.3 Å². The maximum atomic E-state index is 11.1. The third kappa shape index (κ3) is 4.54. The SMILES string of the molecule is CC(C)c1cnn2c(NCc3nc(C(=O)O)cs3)cc(NCC3CCNCC3)nc12. The minimum Gasteiger partial charge on any atom is -0.476 e. The van der Waals surface area contributed by atoms with Gasteiger partial charge in [-0.25, -0.2) is 14.8 Å². The van der Waals surface area contributed by atoms with Crippen molar-refractivity contribution in [2.24, 2.45) is 5.92 Å². The molecule has 0 saturated carbocycles. The Morgan fingerprint density at radius 1 is 1.33 bits per heavy atom. The van der Waals surface area contributed by atoms with Crippen LogP contribution in [0.15, 0.2) is 17.6 Å². The standard InChI is InChI=1S/C20H27N7O2S/c1-12(2)14-9-24-27-17(23-10-18-25-15(11-30-18)20(28)29)7-16(26-19(14)27)22-8-13-3-5-21-6-4-13/h7,9,11-13,21,23H,3-6,8,10H2,1-2H3,(H,22,26)(H,28,29). The summed E-state index contributed by atoms with van der Waals surface area (Å²) in [6.45, 7) is 7.70. The van der Waals surface area contributed by atoms with Crippen molar-refractivity contribution >= 4 is 34.6 Å². The molecule has 10 heteroatoms. The average Bonchev–Trinajstić information content (AvgIpc) is 3.38.